The van der Waals surface area contributed by atoms with Gasteiger partial charge >= 0.3 is 0 Å². The third kappa shape index (κ3) is 2.35. The van der Waals surface area contributed by atoms with E-state index in [1.54, 1.807) is 7.11 Å². The van der Waals surface area contributed by atoms with Crippen LogP contribution in [0.3, 0.4) is 0 Å². The van der Waals surface area contributed by atoms with Crippen LogP contribution in [-0.2, 0) is 0 Å². The molecule has 0 amide bonds. The fraction of sp³-hybridized carbons (Fsp3) is 0.500. The molecule has 0 radical (unpaired) electrons. The van der Waals surface area contributed by atoms with Crippen LogP contribution in [0.15, 0.2) is 18.2 Å². The molecule has 0 aromatic heterocycles. The molecule has 1 aromatic rings. The molecule has 0 atom stereocenters. The summed E-state index contributed by atoms with van der Waals surface area (Å²) in [6.45, 7) is 0. The lowest BCUT2D eigenvalue weighted by molar-refractivity contribution is 0.415. The molecule has 82 valence electrons. The zero-order valence-electron chi connectivity index (χ0n) is 9.12. The summed E-state index contributed by atoms with van der Waals surface area (Å²) in [5, 5.41) is 3.48. The highest BCUT2D eigenvalue weighted by Gasteiger charge is 2.15. The molecule has 3 nitrogen and oxygen atoms in total. The molecular formula is C12H18N2O. The van der Waals surface area contributed by atoms with Crippen molar-refractivity contribution in [2.45, 2.75) is 31.7 Å². The van der Waals surface area contributed by atoms with E-state index in [-0.39, 0.29) is 0 Å². The van der Waals surface area contributed by atoms with E-state index in [0.717, 1.165) is 17.1 Å². The fourth-order valence-electron chi connectivity index (χ4n) is 2.09. The molecule has 0 unspecified atom stereocenters. The average molecular weight is 206 g/mol. The Morgan fingerprint density at radius 2 is 2.07 bits per heavy atom. The minimum absolute atomic E-state index is 0.598. The Balaban J connectivity index is 2.07. The number of nitrogens with two attached hydrogens (primary N) is 1. The molecule has 0 saturated heterocycles. The van der Waals surface area contributed by atoms with Gasteiger partial charge in [-0.2, -0.15) is 0 Å². The molecule has 3 N–H and O–H groups in total. The summed E-state index contributed by atoms with van der Waals surface area (Å²) in [6, 6.07) is 6.39. The lowest BCUT2D eigenvalue weighted by Gasteiger charge is -2.15. The van der Waals surface area contributed by atoms with E-state index in [1.165, 1.54) is 25.7 Å². The van der Waals surface area contributed by atoms with Gasteiger partial charge in [0.25, 0.3) is 0 Å². The highest BCUT2D eigenvalue weighted by molar-refractivity contribution is 5.68. The Morgan fingerprint density at radius 3 is 2.67 bits per heavy atom. The first-order valence-corrected chi connectivity index (χ1v) is 5.49. The van der Waals surface area contributed by atoms with Crippen molar-refractivity contribution in [3.05, 3.63) is 18.2 Å². The number of nitrogen functional groups attached to an aromatic ring is 1. The molecule has 3 heteroatoms. The van der Waals surface area contributed by atoms with E-state index >= 15 is 0 Å². The van der Waals surface area contributed by atoms with Crippen LogP contribution >= 0.6 is 0 Å². The SMILES string of the molecule is COc1ccc(NC2CCCC2)c(N)c1. The first-order valence-electron chi connectivity index (χ1n) is 5.49. The summed E-state index contributed by atoms with van der Waals surface area (Å²) in [7, 11) is 1.65. The molecule has 0 spiro atoms. The molecule has 0 heterocycles. The number of methoxy groups -OCH3 is 1. The molecule has 1 aliphatic carbocycles. The van der Waals surface area contributed by atoms with Crippen LogP contribution in [0.4, 0.5) is 11.4 Å². The topological polar surface area (TPSA) is 47.3 Å². The van der Waals surface area contributed by atoms with E-state index in [1.807, 2.05) is 18.2 Å². The van der Waals surface area contributed by atoms with Crippen molar-refractivity contribution in [3.63, 3.8) is 0 Å². The van der Waals surface area contributed by atoms with Crippen molar-refractivity contribution in [2.75, 3.05) is 18.2 Å². The lowest BCUT2D eigenvalue weighted by atomic mass is 10.2. The largest absolute Gasteiger partial charge is 0.497 e. The Kier molecular flexibility index (Phi) is 2.99. The average Bonchev–Trinajstić information content (AvgIpc) is 2.74. The monoisotopic (exact) mass is 206 g/mol. The van der Waals surface area contributed by atoms with Crippen LogP contribution in [0.5, 0.6) is 5.75 Å². The second-order valence-electron chi connectivity index (χ2n) is 4.08. The van der Waals surface area contributed by atoms with Gasteiger partial charge in [0.05, 0.1) is 18.5 Å². The fourth-order valence-corrected chi connectivity index (χ4v) is 2.09. The third-order valence-corrected chi connectivity index (χ3v) is 2.97. The number of hydrogen-bond acceptors (Lipinski definition) is 3. The van der Waals surface area contributed by atoms with Gasteiger partial charge in [-0.1, -0.05) is 12.8 Å². The van der Waals surface area contributed by atoms with Crippen LogP contribution < -0.4 is 15.8 Å². The van der Waals surface area contributed by atoms with E-state index in [9.17, 15) is 0 Å². The quantitative estimate of drug-likeness (QED) is 0.747. The van der Waals surface area contributed by atoms with Gasteiger partial charge in [0.2, 0.25) is 0 Å². The second-order valence-corrected chi connectivity index (χ2v) is 4.08. The smallest absolute Gasteiger partial charge is 0.121 e. The Hall–Kier alpha value is -1.38. The standard InChI is InChI=1S/C12H18N2O/c1-15-10-6-7-12(11(13)8-10)14-9-4-2-3-5-9/h6-9,14H,2-5,13H2,1H3. The van der Waals surface area contributed by atoms with Crippen molar-refractivity contribution in [1.82, 2.24) is 0 Å². The zero-order valence-corrected chi connectivity index (χ0v) is 9.12. The summed E-state index contributed by atoms with van der Waals surface area (Å²) in [5.74, 6) is 0.810. The maximum absolute atomic E-state index is 5.93. The van der Waals surface area contributed by atoms with E-state index < -0.39 is 0 Å². The van der Waals surface area contributed by atoms with Crippen LogP contribution in [0, 0.1) is 0 Å². The van der Waals surface area contributed by atoms with Gasteiger partial charge in [0, 0.05) is 12.1 Å². The predicted molar refractivity (Wildman–Crippen MR) is 63.3 cm³/mol. The first kappa shape index (κ1) is 10.1. The number of benzene rings is 1. The molecule has 1 saturated carbocycles. The predicted octanol–water partition coefficient (Wildman–Crippen LogP) is 2.63. The van der Waals surface area contributed by atoms with Gasteiger partial charge in [0.1, 0.15) is 5.75 Å². The number of nitrogens with one attached hydrogen (secondary N) is 1. The Morgan fingerprint density at radius 1 is 1.33 bits per heavy atom. The van der Waals surface area contributed by atoms with Crippen LogP contribution in [0.2, 0.25) is 0 Å². The van der Waals surface area contributed by atoms with E-state index in [0.29, 0.717) is 6.04 Å². The summed E-state index contributed by atoms with van der Waals surface area (Å²) in [5.41, 5.74) is 7.73. The maximum atomic E-state index is 5.93. The summed E-state index contributed by atoms with van der Waals surface area (Å²) < 4.78 is 5.11. The second kappa shape index (κ2) is 4.43. The minimum Gasteiger partial charge on any atom is -0.497 e. The van der Waals surface area contributed by atoms with E-state index in [2.05, 4.69) is 5.32 Å². The van der Waals surface area contributed by atoms with Gasteiger partial charge < -0.3 is 15.8 Å². The molecule has 1 fully saturated rings. The minimum atomic E-state index is 0.598. The Labute approximate surface area is 90.6 Å². The number of rotatable bonds is 3. The maximum Gasteiger partial charge on any atom is 0.121 e. The first-order chi connectivity index (χ1) is 7.29. The van der Waals surface area contributed by atoms with Gasteiger partial charge in [-0.15, -0.1) is 0 Å². The highest BCUT2D eigenvalue weighted by atomic mass is 16.5. The normalized spacial score (nSPS) is 16.6. The summed E-state index contributed by atoms with van der Waals surface area (Å²) >= 11 is 0. The third-order valence-electron chi connectivity index (χ3n) is 2.97. The van der Waals surface area contributed by atoms with Crippen LogP contribution in [-0.4, -0.2) is 13.2 Å². The zero-order chi connectivity index (χ0) is 10.7. The molecule has 0 bridgehead atoms. The molecule has 1 aromatic carbocycles. The molecule has 2 rings (SSSR count). The van der Waals surface area contributed by atoms with E-state index in [4.69, 9.17) is 10.5 Å². The van der Waals surface area contributed by atoms with Crippen molar-refractivity contribution in [1.29, 1.82) is 0 Å². The van der Waals surface area contributed by atoms with Gasteiger partial charge in [-0.05, 0) is 25.0 Å². The summed E-state index contributed by atoms with van der Waals surface area (Å²) in [4.78, 5) is 0. The van der Waals surface area contributed by atoms with Crippen molar-refractivity contribution < 1.29 is 4.74 Å². The highest BCUT2D eigenvalue weighted by Crippen LogP contribution is 2.28. The van der Waals surface area contributed by atoms with Crippen LogP contribution in [0.1, 0.15) is 25.7 Å². The lowest BCUT2D eigenvalue weighted by Crippen LogP contribution is -2.15. The molecule has 15 heavy (non-hydrogen) atoms. The van der Waals surface area contributed by atoms with Gasteiger partial charge in [-0.3, -0.25) is 0 Å². The van der Waals surface area contributed by atoms with Crippen molar-refractivity contribution in [3.8, 4) is 5.75 Å². The number of hydrogen-bond donors (Lipinski definition) is 2. The van der Waals surface area contributed by atoms with Gasteiger partial charge in [-0.25, -0.2) is 0 Å². The number of ether oxygens (including phenoxy) is 1. The molecule has 1 aliphatic rings. The van der Waals surface area contributed by atoms with Gasteiger partial charge in [0.15, 0.2) is 0 Å². The Bertz CT molecular complexity index is 332. The summed E-state index contributed by atoms with van der Waals surface area (Å²) in [6.07, 6.45) is 5.17. The molecular weight excluding hydrogens is 188 g/mol. The van der Waals surface area contributed by atoms with Crippen molar-refractivity contribution >= 4 is 11.4 Å². The number of anilines is 2. The van der Waals surface area contributed by atoms with Crippen molar-refractivity contribution in [2.24, 2.45) is 0 Å². The molecule has 0 aliphatic heterocycles. The van der Waals surface area contributed by atoms with Crippen LogP contribution in [0.25, 0.3) is 0 Å².